The van der Waals surface area contributed by atoms with E-state index in [2.05, 4.69) is 30.4 Å². The molecule has 148 valence electrons. The fourth-order valence-electron chi connectivity index (χ4n) is 7.34. The molecule has 3 heteroatoms. The van der Waals surface area contributed by atoms with E-state index in [9.17, 15) is 4.79 Å². The van der Waals surface area contributed by atoms with Gasteiger partial charge in [0.15, 0.2) is 0 Å². The number of benzene rings is 1. The van der Waals surface area contributed by atoms with E-state index in [1.807, 2.05) is 12.1 Å². The maximum absolute atomic E-state index is 11.3. The first kappa shape index (κ1) is 18.0. The van der Waals surface area contributed by atoms with E-state index in [1.165, 1.54) is 44.6 Å². The summed E-state index contributed by atoms with van der Waals surface area (Å²) in [6.45, 7) is 1.46. The number of esters is 1. The number of carbonyl (C=O) groups excluding carboxylic acids is 1. The second kappa shape index (κ2) is 6.79. The third-order valence-corrected chi connectivity index (χ3v) is 8.02. The van der Waals surface area contributed by atoms with Crippen LogP contribution in [0.4, 0.5) is 0 Å². The van der Waals surface area contributed by atoms with Gasteiger partial charge in [0.2, 0.25) is 0 Å². The largest absolute Gasteiger partial charge is 0.497 e. The predicted molar refractivity (Wildman–Crippen MR) is 109 cm³/mol. The molecule has 0 amide bonds. The molecule has 28 heavy (non-hydrogen) atoms. The van der Waals surface area contributed by atoms with Crippen LogP contribution in [0.5, 0.6) is 5.75 Å². The summed E-state index contributed by atoms with van der Waals surface area (Å²) in [7, 11) is 1.75. The highest BCUT2D eigenvalue weighted by Crippen LogP contribution is 2.66. The van der Waals surface area contributed by atoms with Crippen LogP contribution >= 0.6 is 0 Å². The van der Waals surface area contributed by atoms with Gasteiger partial charge < -0.3 is 9.47 Å². The van der Waals surface area contributed by atoms with E-state index in [-0.39, 0.29) is 11.4 Å². The van der Waals surface area contributed by atoms with Crippen molar-refractivity contribution < 1.29 is 14.3 Å². The smallest absolute Gasteiger partial charge is 0.308 e. The fraction of sp³-hybridized carbons (Fsp3) is 0.560. The van der Waals surface area contributed by atoms with Crippen LogP contribution in [0.25, 0.3) is 0 Å². The maximum atomic E-state index is 11.3. The summed E-state index contributed by atoms with van der Waals surface area (Å²) in [6, 6.07) is 8.47. The van der Waals surface area contributed by atoms with E-state index in [4.69, 9.17) is 9.47 Å². The Kier molecular flexibility index (Phi) is 4.37. The van der Waals surface area contributed by atoms with Crippen LogP contribution in [0.3, 0.4) is 0 Å². The summed E-state index contributed by atoms with van der Waals surface area (Å²) < 4.78 is 10.8. The van der Waals surface area contributed by atoms with Crippen molar-refractivity contribution in [2.75, 3.05) is 7.11 Å². The first-order chi connectivity index (χ1) is 13.6. The minimum atomic E-state index is -0.260. The number of methoxy groups -OCH3 is 1. The topological polar surface area (TPSA) is 35.5 Å². The van der Waals surface area contributed by atoms with Gasteiger partial charge in [-0.2, -0.15) is 0 Å². The Hall–Kier alpha value is -2.03. The van der Waals surface area contributed by atoms with Crippen LogP contribution in [0.2, 0.25) is 0 Å². The summed E-state index contributed by atoms with van der Waals surface area (Å²) in [6.07, 6.45) is 14.9. The number of rotatable bonds is 4. The van der Waals surface area contributed by atoms with Gasteiger partial charge in [0.25, 0.3) is 0 Å². The Morgan fingerprint density at radius 1 is 1.00 bits per heavy atom. The minimum absolute atomic E-state index is 0.203. The summed E-state index contributed by atoms with van der Waals surface area (Å²) in [5.74, 6) is 5.29. The Labute approximate surface area is 167 Å². The highest BCUT2D eigenvalue weighted by atomic mass is 16.5. The summed E-state index contributed by atoms with van der Waals surface area (Å²) in [5.41, 5.74) is 1.65. The van der Waals surface area contributed by atoms with Gasteiger partial charge >= 0.3 is 5.97 Å². The third kappa shape index (κ3) is 2.74. The van der Waals surface area contributed by atoms with Gasteiger partial charge in [-0.3, -0.25) is 4.79 Å². The second-order valence-corrected chi connectivity index (χ2v) is 9.37. The number of ether oxygens (including phenoxy) is 2. The number of hydrogen-bond donors (Lipinski definition) is 0. The van der Waals surface area contributed by atoms with Crippen molar-refractivity contribution in [2.45, 2.75) is 50.9 Å². The molecular formula is C25H30O3. The lowest BCUT2D eigenvalue weighted by Gasteiger charge is -2.64. The normalized spacial score (nSPS) is 38.2. The number of allylic oxidation sites excluding steroid dienone is 3. The number of carbonyl (C=O) groups is 1. The van der Waals surface area contributed by atoms with Crippen molar-refractivity contribution in [3.05, 3.63) is 53.8 Å². The molecule has 4 fully saturated rings. The summed E-state index contributed by atoms with van der Waals surface area (Å²) in [5, 5.41) is 0. The van der Waals surface area contributed by atoms with Crippen molar-refractivity contribution in [2.24, 2.45) is 29.6 Å². The van der Waals surface area contributed by atoms with Gasteiger partial charge in [-0.15, -0.1) is 0 Å². The van der Waals surface area contributed by atoms with Crippen LogP contribution in [0, 0.1) is 29.6 Å². The molecule has 1 aromatic rings. The van der Waals surface area contributed by atoms with Gasteiger partial charge in [0.05, 0.1) is 7.11 Å². The van der Waals surface area contributed by atoms with Gasteiger partial charge in [0, 0.05) is 12.3 Å². The second-order valence-electron chi connectivity index (χ2n) is 9.37. The lowest BCUT2D eigenvalue weighted by atomic mass is 9.40. The van der Waals surface area contributed by atoms with Crippen molar-refractivity contribution in [3.8, 4) is 5.75 Å². The average molecular weight is 379 g/mol. The molecule has 0 aliphatic heterocycles. The molecule has 5 aliphatic rings. The highest BCUT2D eigenvalue weighted by Gasteiger charge is 2.60. The molecule has 0 heterocycles. The molecule has 0 aromatic heterocycles. The molecule has 0 radical (unpaired) electrons. The monoisotopic (exact) mass is 378 g/mol. The Bertz CT molecular complexity index is 789. The zero-order valence-electron chi connectivity index (χ0n) is 16.9. The van der Waals surface area contributed by atoms with Crippen LogP contribution in [-0.4, -0.2) is 13.1 Å². The van der Waals surface area contributed by atoms with Gasteiger partial charge in [0.1, 0.15) is 11.5 Å². The van der Waals surface area contributed by atoms with E-state index in [0.29, 0.717) is 11.7 Å². The van der Waals surface area contributed by atoms with Crippen molar-refractivity contribution >= 4 is 5.97 Å². The van der Waals surface area contributed by atoms with Crippen molar-refractivity contribution in [1.82, 2.24) is 0 Å². The highest BCUT2D eigenvalue weighted by molar-refractivity contribution is 5.69. The van der Waals surface area contributed by atoms with Crippen LogP contribution in [-0.2, 0) is 14.9 Å². The predicted octanol–water partition coefficient (Wildman–Crippen LogP) is 5.41. The first-order valence-electron chi connectivity index (χ1n) is 10.8. The molecule has 1 unspecified atom stereocenters. The standard InChI is InChI=1S/C25H30O3/c1-16(26)28-24-9-5-20(6-10-24)25(19-3-7-23(27-2)8-4-19)21-12-17-11-18(14-21)15-22(25)13-17/h3,5-10,17-19,21-22H,4,11-15H2,1-2H3. The fourth-order valence-corrected chi connectivity index (χ4v) is 7.34. The average Bonchev–Trinajstić information content (AvgIpc) is 2.69. The van der Waals surface area contributed by atoms with E-state index < -0.39 is 0 Å². The molecular weight excluding hydrogens is 348 g/mol. The van der Waals surface area contributed by atoms with Gasteiger partial charge in [-0.1, -0.05) is 18.2 Å². The van der Waals surface area contributed by atoms with Crippen LogP contribution < -0.4 is 4.74 Å². The Morgan fingerprint density at radius 2 is 1.64 bits per heavy atom. The molecule has 4 bridgehead atoms. The van der Waals surface area contributed by atoms with E-state index in [1.54, 1.807) is 7.11 Å². The molecule has 5 aliphatic carbocycles. The minimum Gasteiger partial charge on any atom is -0.497 e. The van der Waals surface area contributed by atoms with Gasteiger partial charge in [-0.25, -0.2) is 0 Å². The Morgan fingerprint density at radius 3 is 2.14 bits per heavy atom. The molecule has 4 saturated carbocycles. The molecule has 0 saturated heterocycles. The lowest BCUT2D eigenvalue weighted by Crippen LogP contribution is -2.58. The molecule has 6 rings (SSSR count). The van der Waals surface area contributed by atoms with E-state index in [0.717, 1.165) is 35.9 Å². The van der Waals surface area contributed by atoms with Gasteiger partial charge in [-0.05, 0) is 98.0 Å². The molecule has 3 nitrogen and oxygen atoms in total. The quantitative estimate of drug-likeness (QED) is 0.519. The van der Waals surface area contributed by atoms with Crippen LogP contribution in [0.15, 0.2) is 48.3 Å². The Balaban J connectivity index is 1.55. The SMILES string of the molecule is COC1=CCC(C2(c3ccc(OC(C)=O)cc3)C3CC4CC(C3)CC2C4)C=C1. The number of hydrogen-bond acceptors (Lipinski definition) is 3. The van der Waals surface area contributed by atoms with E-state index >= 15 is 0 Å². The summed E-state index contributed by atoms with van der Waals surface area (Å²) in [4.78, 5) is 11.3. The summed E-state index contributed by atoms with van der Waals surface area (Å²) >= 11 is 0. The molecule has 1 aromatic carbocycles. The maximum Gasteiger partial charge on any atom is 0.308 e. The lowest BCUT2D eigenvalue weighted by molar-refractivity contribution is -0.131. The molecule has 1 atom stereocenters. The zero-order valence-corrected chi connectivity index (χ0v) is 16.9. The first-order valence-corrected chi connectivity index (χ1v) is 10.8. The molecule has 0 spiro atoms. The zero-order chi connectivity index (χ0) is 19.3. The molecule has 0 N–H and O–H groups in total. The van der Waals surface area contributed by atoms with Crippen LogP contribution in [0.1, 0.15) is 51.0 Å². The van der Waals surface area contributed by atoms with Crippen molar-refractivity contribution in [1.29, 1.82) is 0 Å². The van der Waals surface area contributed by atoms with Crippen molar-refractivity contribution in [3.63, 3.8) is 0 Å². The third-order valence-electron chi connectivity index (χ3n) is 8.02.